The summed E-state index contributed by atoms with van der Waals surface area (Å²) in [4.78, 5) is 25.6. The van der Waals surface area contributed by atoms with Crippen LogP contribution in [0.4, 0.5) is 0 Å². The highest BCUT2D eigenvalue weighted by Crippen LogP contribution is 2.54. The molecule has 0 amide bonds. The maximum absolute atomic E-state index is 12.8. The van der Waals surface area contributed by atoms with Gasteiger partial charge in [0, 0.05) is 27.5 Å². The van der Waals surface area contributed by atoms with Gasteiger partial charge in [-0.2, -0.15) is 0 Å². The van der Waals surface area contributed by atoms with Crippen LogP contribution >= 0.6 is 15.9 Å². The van der Waals surface area contributed by atoms with Crippen LogP contribution in [0.25, 0.3) is 55.6 Å². The van der Waals surface area contributed by atoms with Crippen molar-refractivity contribution in [2.24, 2.45) is 0 Å². The molecule has 0 heterocycles. The lowest BCUT2D eigenvalue weighted by molar-refractivity contribution is -0.143. The van der Waals surface area contributed by atoms with E-state index in [-0.39, 0.29) is 24.0 Å². The number of hydrogen-bond acceptors (Lipinski definition) is 4. The van der Waals surface area contributed by atoms with Crippen molar-refractivity contribution in [3.05, 3.63) is 178 Å². The molecular weight excluding hydrogens is 756 g/mol. The molecule has 3 aliphatic rings. The van der Waals surface area contributed by atoms with Gasteiger partial charge in [-0.1, -0.05) is 136 Å². The van der Waals surface area contributed by atoms with Crippen molar-refractivity contribution in [3.8, 4) is 55.6 Å². The van der Waals surface area contributed by atoms with Crippen LogP contribution in [0.2, 0.25) is 0 Å². The number of benzene rings is 6. The Morgan fingerprint density at radius 3 is 1.32 bits per heavy atom. The Morgan fingerprint density at radius 1 is 0.500 bits per heavy atom. The van der Waals surface area contributed by atoms with E-state index in [2.05, 4.69) is 172 Å². The first-order chi connectivity index (χ1) is 26.9. The Labute approximate surface area is 336 Å². The van der Waals surface area contributed by atoms with Crippen molar-refractivity contribution in [1.29, 1.82) is 0 Å². The van der Waals surface area contributed by atoms with Gasteiger partial charge in [0.05, 0.1) is 5.41 Å². The zero-order chi connectivity index (χ0) is 39.1. The molecule has 6 aromatic carbocycles. The zero-order valence-electron chi connectivity index (χ0n) is 32.0. The fourth-order valence-corrected chi connectivity index (χ4v) is 9.85. The van der Waals surface area contributed by atoms with Crippen LogP contribution in [-0.4, -0.2) is 25.2 Å². The first-order valence-corrected chi connectivity index (χ1v) is 19.7. The number of carbonyl (C=O) groups excluding carboxylic acids is 2. The van der Waals surface area contributed by atoms with Gasteiger partial charge in [0.15, 0.2) is 0 Å². The minimum absolute atomic E-state index is 0.0525. The maximum atomic E-state index is 12.8. The predicted molar refractivity (Wildman–Crippen MR) is 229 cm³/mol. The van der Waals surface area contributed by atoms with Crippen molar-refractivity contribution in [1.82, 2.24) is 0 Å². The third-order valence-electron chi connectivity index (χ3n) is 12.5. The Morgan fingerprint density at radius 2 is 0.857 bits per heavy atom. The number of esters is 2. The topological polar surface area (TPSA) is 52.6 Å². The fraction of sp³-hybridized carbons (Fsp3) is 0.176. The number of ether oxygens (including phenoxy) is 2. The van der Waals surface area contributed by atoms with E-state index in [0.29, 0.717) is 0 Å². The first-order valence-electron chi connectivity index (χ1n) is 19.0. The second-order valence-corrected chi connectivity index (χ2v) is 17.1. The van der Waals surface area contributed by atoms with Crippen LogP contribution in [0.15, 0.2) is 145 Å². The lowest BCUT2D eigenvalue weighted by Crippen LogP contribution is -2.38. The maximum Gasteiger partial charge on any atom is 0.330 e. The largest absolute Gasteiger partial charge is 0.461 e. The molecule has 0 saturated heterocycles. The minimum Gasteiger partial charge on any atom is -0.461 e. The van der Waals surface area contributed by atoms with E-state index >= 15 is 0 Å². The predicted octanol–water partition coefficient (Wildman–Crippen LogP) is 12.1. The Balaban J connectivity index is 1.19. The van der Waals surface area contributed by atoms with Gasteiger partial charge in [0.2, 0.25) is 0 Å². The summed E-state index contributed by atoms with van der Waals surface area (Å²) in [7, 11) is 0. The standard InChI is InChI=1S/C51H41BrO4/c1-7-47(53)55-28-51(29-56-48(54)8-2)45-25-32(30-13-18-36-35-11-9-10-12-41(35)49(3,4)42(36)23-30)15-20-39(45)40-21-16-33(26-46(40)51)31-14-19-37-38-22-17-34(52)27-44(38)50(5,6)43(37)24-31/h7-27H,1-2,28-29H2,3-6H3. The fourth-order valence-electron chi connectivity index (χ4n) is 9.49. The van der Waals surface area contributed by atoms with Gasteiger partial charge in [0.1, 0.15) is 13.2 Å². The summed E-state index contributed by atoms with van der Waals surface area (Å²) in [6, 6.07) is 41.6. The second-order valence-electron chi connectivity index (χ2n) is 16.2. The van der Waals surface area contributed by atoms with E-state index in [4.69, 9.17) is 9.47 Å². The van der Waals surface area contributed by atoms with Crippen molar-refractivity contribution < 1.29 is 19.1 Å². The molecule has 0 atom stereocenters. The Hall–Kier alpha value is -5.78. The van der Waals surface area contributed by atoms with Crippen molar-refractivity contribution in [3.63, 3.8) is 0 Å². The van der Waals surface area contributed by atoms with E-state index < -0.39 is 17.4 Å². The number of fused-ring (bicyclic) bond motifs is 9. The number of rotatable bonds is 8. The van der Waals surface area contributed by atoms with Gasteiger partial charge in [-0.3, -0.25) is 0 Å². The molecule has 276 valence electrons. The average Bonchev–Trinajstić information content (AvgIpc) is 3.71. The van der Waals surface area contributed by atoms with E-state index in [1.807, 2.05) is 0 Å². The molecular formula is C51H41BrO4. The molecule has 4 nitrogen and oxygen atoms in total. The van der Waals surface area contributed by atoms with Crippen LogP contribution in [0.3, 0.4) is 0 Å². The Kier molecular flexibility index (Phi) is 8.26. The zero-order valence-corrected chi connectivity index (χ0v) is 33.5. The summed E-state index contributed by atoms with van der Waals surface area (Å²) in [5.41, 5.74) is 16.9. The van der Waals surface area contributed by atoms with Gasteiger partial charge in [-0.05, 0) is 125 Å². The van der Waals surface area contributed by atoms with Crippen LogP contribution in [0.1, 0.15) is 61.1 Å². The van der Waals surface area contributed by atoms with Gasteiger partial charge < -0.3 is 9.47 Å². The highest BCUT2D eigenvalue weighted by atomic mass is 79.9. The van der Waals surface area contributed by atoms with E-state index in [1.54, 1.807) is 0 Å². The molecule has 0 aromatic heterocycles. The third kappa shape index (κ3) is 5.32. The molecule has 0 saturated carbocycles. The monoisotopic (exact) mass is 796 g/mol. The summed E-state index contributed by atoms with van der Waals surface area (Å²) < 4.78 is 12.9. The molecule has 0 unspecified atom stereocenters. The van der Waals surface area contributed by atoms with Gasteiger partial charge in [-0.25, -0.2) is 9.59 Å². The highest BCUT2D eigenvalue weighted by Gasteiger charge is 2.46. The smallest absolute Gasteiger partial charge is 0.330 e. The number of halogens is 1. The van der Waals surface area contributed by atoms with E-state index in [1.165, 1.54) is 56.7 Å². The Bertz CT molecular complexity index is 2670. The van der Waals surface area contributed by atoms with E-state index in [0.717, 1.165) is 49.0 Å². The van der Waals surface area contributed by atoms with Crippen molar-refractivity contribution in [2.75, 3.05) is 13.2 Å². The first kappa shape index (κ1) is 35.9. The molecule has 3 aliphatic carbocycles. The second kappa shape index (κ2) is 12.9. The lowest BCUT2D eigenvalue weighted by atomic mass is 9.77. The summed E-state index contributed by atoms with van der Waals surface area (Å²) in [5, 5.41) is 0. The molecule has 0 bridgehead atoms. The lowest BCUT2D eigenvalue weighted by Gasteiger charge is -2.31. The van der Waals surface area contributed by atoms with Crippen molar-refractivity contribution in [2.45, 2.75) is 43.9 Å². The molecule has 0 fully saturated rings. The summed E-state index contributed by atoms with van der Waals surface area (Å²) >= 11 is 3.68. The van der Waals surface area contributed by atoms with Gasteiger partial charge in [-0.15, -0.1) is 0 Å². The molecule has 6 aromatic rings. The molecule has 0 aliphatic heterocycles. The summed E-state index contributed by atoms with van der Waals surface area (Å²) in [5.74, 6) is -1.09. The van der Waals surface area contributed by atoms with Crippen LogP contribution in [0, 0.1) is 0 Å². The van der Waals surface area contributed by atoms with Crippen LogP contribution in [0.5, 0.6) is 0 Å². The SMILES string of the molecule is C=CC(=O)OCC1(COC(=O)C=C)c2cc(-c3ccc4c(c3)C(C)(C)c3ccccc3-4)ccc2-c2ccc(-c3ccc4c(c3)C(C)(C)c3cc(Br)ccc3-4)cc21. The van der Waals surface area contributed by atoms with E-state index in [9.17, 15) is 9.59 Å². The molecule has 5 heteroatoms. The van der Waals surface area contributed by atoms with Crippen LogP contribution < -0.4 is 0 Å². The molecule has 0 radical (unpaired) electrons. The third-order valence-corrected chi connectivity index (χ3v) is 13.0. The van der Waals surface area contributed by atoms with Gasteiger partial charge >= 0.3 is 11.9 Å². The molecule has 9 rings (SSSR count). The molecule has 0 N–H and O–H groups in total. The quantitative estimate of drug-likeness (QED) is 0.114. The molecule has 0 spiro atoms. The minimum atomic E-state index is -1.02. The average molecular weight is 798 g/mol. The normalized spacial score (nSPS) is 15.4. The number of carbonyl (C=O) groups is 2. The molecule has 56 heavy (non-hydrogen) atoms. The summed E-state index contributed by atoms with van der Waals surface area (Å²) in [6.07, 6.45) is 2.33. The van der Waals surface area contributed by atoms with Crippen LogP contribution in [-0.2, 0) is 35.3 Å². The van der Waals surface area contributed by atoms with Crippen molar-refractivity contribution >= 4 is 27.9 Å². The van der Waals surface area contributed by atoms with Gasteiger partial charge in [0.25, 0.3) is 0 Å². The summed E-state index contributed by atoms with van der Waals surface area (Å²) in [6.45, 7) is 16.3. The highest BCUT2D eigenvalue weighted by molar-refractivity contribution is 9.10. The number of hydrogen-bond donors (Lipinski definition) is 0.